The van der Waals surface area contributed by atoms with E-state index in [1.54, 1.807) is 84.9 Å². The number of fused-ring (bicyclic) bond motifs is 6. The number of rotatable bonds is 15. The number of carbonyl (C=O) groups is 6. The summed E-state index contributed by atoms with van der Waals surface area (Å²) in [4.78, 5) is 73.6. The average molecular weight is 1860 g/mol. The molecule has 0 radical (unpaired) electrons. The Labute approximate surface area is 767 Å². The molecule has 0 saturated heterocycles. The Balaban J connectivity index is 0.000000137. The van der Waals surface area contributed by atoms with Gasteiger partial charge in [0.2, 0.25) is 0 Å². The third-order valence-corrected chi connectivity index (χ3v) is 22.1. The summed E-state index contributed by atoms with van der Waals surface area (Å²) in [6.07, 6.45) is -3.23. The number of ketones is 6. The summed E-state index contributed by atoms with van der Waals surface area (Å²) in [5, 5.41) is 147. The molecule has 6 heterocycles. The van der Waals surface area contributed by atoms with Gasteiger partial charge in [-0.25, -0.2) is 0 Å². The van der Waals surface area contributed by atoms with Crippen molar-refractivity contribution in [2.75, 3.05) is 64.0 Å². The van der Waals surface area contributed by atoms with E-state index < -0.39 is 36.6 Å². The fourth-order valence-electron chi connectivity index (χ4n) is 15.4. The van der Waals surface area contributed by atoms with Gasteiger partial charge in [-0.2, -0.15) is 0 Å². The minimum atomic E-state index is -0.669. The average Bonchev–Trinajstić information content (AvgIpc) is 0.812. The Kier molecular flexibility index (Phi) is 28.8. The maximum Gasteiger partial charge on any atom is 0.174 e. The number of phenolic OH excluding ortho intramolecular Hbond substituents is 15. The zero-order valence-corrected chi connectivity index (χ0v) is 73.3. The number of aromatic hydroxyl groups is 15. The summed E-state index contributed by atoms with van der Waals surface area (Å²) in [7, 11) is 13.1. The molecule has 6 atom stereocenters. The quantitative estimate of drug-likeness (QED) is 0.0424. The molecule has 0 aromatic heterocycles. The maximum absolute atomic E-state index is 12.3. The molecule has 0 spiro atoms. The lowest BCUT2D eigenvalue weighted by Gasteiger charge is -2.26. The van der Waals surface area contributed by atoms with Crippen molar-refractivity contribution in [3.8, 4) is 172 Å². The van der Waals surface area contributed by atoms with Crippen molar-refractivity contribution in [1.29, 1.82) is 0 Å². The van der Waals surface area contributed by atoms with Gasteiger partial charge in [0.25, 0.3) is 0 Å². The van der Waals surface area contributed by atoms with Gasteiger partial charge in [0.1, 0.15) is 173 Å². The van der Waals surface area contributed by atoms with Gasteiger partial charge in [-0.05, 0) is 106 Å². The molecule has 702 valence electrons. The van der Waals surface area contributed by atoms with Crippen LogP contribution in [0, 0.1) is 0 Å². The molecule has 0 aliphatic carbocycles. The van der Waals surface area contributed by atoms with Gasteiger partial charge >= 0.3 is 0 Å². The van der Waals surface area contributed by atoms with E-state index in [9.17, 15) is 105 Å². The van der Waals surface area contributed by atoms with Crippen LogP contribution in [0.15, 0.2) is 182 Å². The van der Waals surface area contributed by atoms with Gasteiger partial charge < -0.3 is 148 Å². The molecule has 0 bridgehead atoms. The van der Waals surface area contributed by atoms with Crippen LogP contribution < -0.4 is 71.1 Å². The predicted molar refractivity (Wildman–Crippen MR) is 475 cm³/mol. The first-order chi connectivity index (χ1) is 64.6. The summed E-state index contributed by atoms with van der Waals surface area (Å²) in [5.74, 6) is 0.533. The molecule has 6 aliphatic heterocycles. The Morgan fingerprint density at radius 2 is 0.370 bits per heavy atom. The van der Waals surface area contributed by atoms with E-state index >= 15 is 0 Å². The van der Waals surface area contributed by atoms with Crippen molar-refractivity contribution >= 4 is 34.7 Å². The molecule has 6 unspecified atom stereocenters. The van der Waals surface area contributed by atoms with Crippen LogP contribution in [0.25, 0.3) is 0 Å². The lowest BCUT2D eigenvalue weighted by Crippen LogP contribution is -2.20. The fourth-order valence-corrected chi connectivity index (χ4v) is 15.4. The molecule has 6 aliphatic rings. The summed E-state index contributed by atoms with van der Waals surface area (Å²) in [6, 6.07) is 44.6. The second-order valence-corrected chi connectivity index (χ2v) is 30.6. The molecule has 0 fully saturated rings. The van der Waals surface area contributed by atoms with Crippen molar-refractivity contribution in [2.45, 2.75) is 75.1 Å². The molecule has 36 heteroatoms. The van der Waals surface area contributed by atoms with Gasteiger partial charge in [0.05, 0.1) is 103 Å². The third-order valence-electron chi connectivity index (χ3n) is 22.1. The van der Waals surface area contributed by atoms with Crippen molar-refractivity contribution in [1.82, 2.24) is 0 Å². The number of benzene rings is 12. The van der Waals surface area contributed by atoms with Crippen LogP contribution in [0.1, 0.15) is 171 Å². The summed E-state index contributed by atoms with van der Waals surface area (Å²) >= 11 is 0. The highest BCUT2D eigenvalue weighted by atomic mass is 16.5. The Hall–Kier alpha value is -17.3. The highest BCUT2D eigenvalue weighted by Gasteiger charge is 2.39. The minimum absolute atomic E-state index is 0.0183. The van der Waals surface area contributed by atoms with E-state index in [1.165, 1.54) is 149 Å². The smallest absolute Gasteiger partial charge is 0.174 e. The van der Waals surface area contributed by atoms with E-state index in [-0.39, 0.29) is 227 Å². The van der Waals surface area contributed by atoms with E-state index in [1.807, 2.05) is 0 Å². The topological polar surface area (TPSA) is 544 Å². The number of Topliss-reactive ketones (excluding diaryl/α,β-unsaturated/α-hetero) is 6. The van der Waals surface area contributed by atoms with E-state index in [0.717, 1.165) is 12.1 Å². The number of hydrogen-bond acceptors (Lipinski definition) is 36. The van der Waals surface area contributed by atoms with Gasteiger partial charge in [-0.15, -0.1) is 0 Å². The molecule has 12 aromatic rings. The Morgan fingerprint density at radius 1 is 0.193 bits per heavy atom. The number of ether oxygens (including phenoxy) is 15. The van der Waals surface area contributed by atoms with E-state index in [2.05, 4.69) is 0 Å². The second kappa shape index (κ2) is 40.8. The Morgan fingerprint density at radius 3 is 0.548 bits per heavy atom. The second-order valence-electron chi connectivity index (χ2n) is 30.6. The first kappa shape index (κ1) is 95.2. The fraction of sp³-hybridized carbons (Fsp3) is 0.212. The summed E-state index contributed by atoms with van der Waals surface area (Å²) < 4.78 is 79.9. The molecule has 36 nitrogen and oxygen atoms in total. The SMILES string of the molecule is COc1cc(O)c2c(c1)OC(c1ccc(OC)c(O)c1)CC2=O.COc1cc(O)c2c(c1)OC(c1ccc(OC)c(O)c1)CC2=O.COc1cc(O)c2c(c1)OC(c1ccc(OC)c(O)c1)CC2=O.COc1cc(O)c2c(c1)OC(c1ccc(OC)c(O)c1)CC2=O.COc1ccc(C2CC(=O)c3c(O)cc(O)cc3O2)cc1O.O=C1CC(c2ccc(O)c(O)c2)Oc2cc(O)cc(O)c21. The van der Waals surface area contributed by atoms with Crippen molar-refractivity contribution < 1.29 is 176 Å². The van der Waals surface area contributed by atoms with Crippen LogP contribution in [-0.2, 0) is 0 Å². The molecule has 135 heavy (non-hydrogen) atoms. The third kappa shape index (κ3) is 20.9. The number of hydrogen-bond donors (Lipinski definition) is 15. The van der Waals surface area contributed by atoms with Crippen molar-refractivity contribution in [3.63, 3.8) is 0 Å². The van der Waals surface area contributed by atoms with E-state index in [0.29, 0.717) is 85.1 Å². The van der Waals surface area contributed by atoms with Gasteiger partial charge in [-0.1, -0.05) is 36.4 Å². The minimum Gasteiger partial charge on any atom is -0.508 e. The molecule has 0 saturated carbocycles. The van der Waals surface area contributed by atoms with Crippen LogP contribution in [0.2, 0.25) is 0 Å². The zero-order valence-electron chi connectivity index (χ0n) is 73.3. The largest absolute Gasteiger partial charge is 0.508 e. The molecule has 0 amide bonds. The first-order valence-corrected chi connectivity index (χ1v) is 40.9. The van der Waals surface area contributed by atoms with Gasteiger partial charge in [0.15, 0.2) is 104 Å². The zero-order chi connectivity index (χ0) is 97.2. The van der Waals surface area contributed by atoms with Crippen molar-refractivity contribution in [2.24, 2.45) is 0 Å². The van der Waals surface area contributed by atoms with Gasteiger partial charge in [-0.3, -0.25) is 28.8 Å². The Bertz CT molecular complexity index is 6050. The lowest BCUT2D eigenvalue weighted by molar-refractivity contribution is 0.0834. The molecule has 15 N–H and O–H groups in total. The van der Waals surface area contributed by atoms with Gasteiger partial charge in [0, 0.05) is 72.8 Å². The summed E-state index contributed by atoms with van der Waals surface area (Å²) in [6.45, 7) is 0. The normalized spacial score (nSPS) is 16.6. The number of carbonyl (C=O) groups excluding carboxylic acids is 6. The monoisotopic (exact) mass is 1850 g/mol. The lowest BCUT2D eigenvalue weighted by atomic mass is 9.95. The van der Waals surface area contributed by atoms with Crippen LogP contribution in [-0.4, -0.2) is 175 Å². The highest BCUT2D eigenvalue weighted by Crippen LogP contribution is 2.51. The van der Waals surface area contributed by atoms with Crippen LogP contribution in [0.3, 0.4) is 0 Å². The van der Waals surface area contributed by atoms with E-state index in [4.69, 9.17) is 71.1 Å². The first-order valence-electron chi connectivity index (χ1n) is 40.9. The number of phenols is 15. The van der Waals surface area contributed by atoms with Crippen LogP contribution in [0.5, 0.6) is 172 Å². The molecular weight excluding hydrogens is 1770 g/mol. The number of methoxy groups -OCH3 is 9. The highest BCUT2D eigenvalue weighted by molar-refractivity contribution is 6.06. The van der Waals surface area contributed by atoms with Crippen LogP contribution in [0.4, 0.5) is 0 Å². The van der Waals surface area contributed by atoms with Crippen LogP contribution >= 0.6 is 0 Å². The van der Waals surface area contributed by atoms with Crippen molar-refractivity contribution in [3.05, 3.63) is 249 Å². The maximum atomic E-state index is 12.3. The molecular formula is C99H90O36. The summed E-state index contributed by atoms with van der Waals surface area (Å²) in [5.41, 5.74) is 4.38. The molecule has 12 aromatic carbocycles. The standard InChI is InChI=1S/4C17H16O6.C16H14O6.C15H12O6/c4*1-21-10-6-12(19)17-13(20)8-15(23-16(17)7-10)9-3-4-14(22-2)11(18)5-9;1-21-13-3-2-8(4-10(13)18)14-7-12(20)16-11(19)5-9(17)6-15(16)22-14;16-8-4-11(19)15-12(20)6-13(21-14(15)5-8)7-1-2-9(17)10(18)3-7/h4*3-7,15,18-19H,8H2,1-2H3;2-6,14,17-19H,7H2,1H3;1-5,13,16-19H,6H2. The molecule has 18 rings (SSSR count). The predicted octanol–water partition coefficient (Wildman–Crippen LogP) is 16.0.